The highest BCUT2D eigenvalue weighted by Crippen LogP contribution is 2.19. The first-order valence-corrected chi connectivity index (χ1v) is 8.78. The van der Waals surface area contributed by atoms with Crippen LogP contribution < -0.4 is 10.2 Å². The van der Waals surface area contributed by atoms with Gasteiger partial charge in [0.2, 0.25) is 5.91 Å². The van der Waals surface area contributed by atoms with Gasteiger partial charge in [0, 0.05) is 45.0 Å². The van der Waals surface area contributed by atoms with E-state index in [2.05, 4.69) is 15.2 Å². The van der Waals surface area contributed by atoms with E-state index in [9.17, 15) is 9.59 Å². The summed E-state index contributed by atoms with van der Waals surface area (Å²) in [5.74, 6) is -0.0748. The van der Waals surface area contributed by atoms with Crippen molar-refractivity contribution in [3.63, 3.8) is 0 Å². The molecule has 6 nitrogen and oxygen atoms in total. The first-order valence-electron chi connectivity index (χ1n) is 8.78. The van der Waals surface area contributed by atoms with E-state index in [0.717, 1.165) is 30.0 Å². The summed E-state index contributed by atoms with van der Waals surface area (Å²) in [7, 11) is 0. The van der Waals surface area contributed by atoms with Crippen molar-refractivity contribution in [2.45, 2.75) is 20.8 Å². The van der Waals surface area contributed by atoms with Crippen LogP contribution in [-0.2, 0) is 4.79 Å². The molecule has 2 amide bonds. The quantitative estimate of drug-likeness (QED) is 0.922. The Morgan fingerprint density at radius 3 is 2.38 bits per heavy atom. The highest BCUT2D eigenvalue weighted by Gasteiger charge is 2.19. The molecule has 136 valence electrons. The molecule has 2 aromatic rings. The number of hydrogen-bond acceptors (Lipinski definition) is 4. The minimum Gasteiger partial charge on any atom is -0.367 e. The normalized spacial score (nSPS) is 14.3. The molecule has 0 spiro atoms. The van der Waals surface area contributed by atoms with Crippen molar-refractivity contribution in [3.8, 4) is 0 Å². The Balaban J connectivity index is 1.69. The number of nitrogens with zero attached hydrogens (tertiary/aromatic N) is 3. The number of rotatable bonds is 3. The van der Waals surface area contributed by atoms with E-state index in [1.165, 1.54) is 5.56 Å². The van der Waals surface area contributed by atoms with Crippen molar-refractivity contribution < 1.29 is 9.59 Å². The van der Waals surface area contributed by atoms with E-state index < -0.39 is 0 Å². The number of amides is 2. The molecular formula is C20H24N4O2. The predicted octanol–water partition coefficient (Wildman–Crippen LogP) is 2.62. The number of hydrogen-bond donors (Lipinski definition) is 1. The minimum absolute atomic E-state index is 0.101. The van der Waals surface area contributed by atoms with Crippen LogP contribution in [0.3, 0.4) is 0 Å². The van der Waals surface area contributed by atoms with Crippen LogP contribution >= 0.6 is 0 Å². The zero-order valence-electron chi connectivity index (χ0n) is 15.5. The van der Waals surface area contributed by atoms with Crippen LogP contribution in [0.1, 0.15) is 28.4 Å². The standard InChI is InChI=1S/C20H24N4O2/c1-14-4-5-18(10-15(14)2)22-20(26)17-11-19(13-21-12-17)24-8-6-23(7-9-24)16(3)25/h4-5,10-13H,6-9H2,1-3H3,(H,22,26). The Morgan fingerprint density at radius 2 is 1.73 bits per heavy atom. The molecule has 2 heterocycles. The maximum Gasteiger partial charge on any atom is 0.257 e. The predicted molar refractivity (Wildman–Crippen MR) is 103 cm³/mol. The largest absolute Gasteiger partial charge is 0.367 e. The van der Waals surface area contributed by atoms with Crippen molar-refractivity contribution in [1.82, 2.24) is 9.88 Å². The molecule has 3 rings (SSSR count). The molecule has 0 unspecified atom stereocenters. The van der Waals surface area contributed by atoms with Gasteiger partial charge in [-0.2, -0.15) is 0 Å². The third kappa shape index (κ3) is 4.02. The summed E-state index contributed by atoms with van der Waals surface area (Å²) in [5, 5.41) is 2.93. The molecule has 1 aromatic carbocycles. The van der Waals surface area contributed by atoms with E-state index in [-0.39, 0.29) is 11.8 Å². The number of pyridine rings is 1. The summed E-state index contributed by atoms with van der Waals surface area (Å²) in [4.78, 5) is 32.2. The number of benzene rings is 1. The van der Waals surface area contributed by atoms with Gasteiger partial charge in [-0.15, -0.1) is 0 Å². The lowest BCUT2D eigenvalue weighted by molar-refractivity contribution is -0.129. The molecule has 0 saturated carbocycles. The molecule has 1 fully saturated rings. The van der Waals surface area contributed by atoms with Crippen LogP contribution in [0.2, 0.25) is 0 Å². The van der Waals surface area contributed by atoms with Crippen LogP contribution in [0.5, 0.6) is 0 Å². The summed E-state index contributed by atoms with van der Waals surface area (Å²) >= 11 is 0. The number of piperazine rings is 1. The number of carbonyl (C=O) groups is 2. The van der Waals surface area contributed by atoms with Gasteiger partial charge >= 0.3 is 0 Å². The summed E-state index contributed by atoms with van der Waals surface area (Å²) in [5.41, 5.74) is 4.53. The van der Waals surface area contributed by atoms with Crippen molar-refractivity contribution in [2.75, 3.05) is 36.4 Å². The van der Waals surface area contributed by atoms with E-state index in [4.69, 9.17) is 0 Å². The van der Waals surface area contributed by atoms with Crippen molar-refractivity contribution >= 4 is 23.2 Å². The van der Waals surface area contributed by atoms with Crippen molar-refractivity contribution in [2.24, 2.45) is 0 Å². The van der Waals surface area contributed by atoms with Gasteiger partial charge in [-0.1, -0.05) is 6.07 Å². The first-order chi connectivity index (χ1) is 12.4. The second-order valence-corrected chi connectivity index (χ2v) is 6.68. The maximum atomic E-state index is 12.6. The monoisotopic (exact) mass is 352 g/mol. The number of aromatic nitrogens is 1. The fraction of sp³-hybridized carbons (Fsp3) is 0.350. The molecule has 6 heteroatoms. The second-order valence-electron chi connectivity index (χ2n) is 6.68. The van der Waals surface area contributed by atoms with E-state index in [1.807, 2.05) is 43.0 Å². The second kappa shape index (κ2) is 7.56. The molecule has 1 aliphatic heterocycles. The van der Waals surface area contributed by atoms with Crippen LogP contribution in [0.4, 0.5) is 11.4 Å². The number of aryl methyl sites for hydroxylation is 2. The average molecular weight is 352 g/mol. The number of anilines is 2. The molecule has 1 aliphatic rings. The highest BCUT2D eigenvalue weighted by atomic mass is 16.2. The Morgan fingerprint density at radius 1 is 1.00 bits per heavy atom. The molecule has 1 N–H and O–H groups in total. The summed E-state index contributed by atoms with van der Waals surface area (Å²) in [6, 6.07) is 7.71. The molecule has 26 heavy (non-hydrogen) atoms. The van der Waals surface area contributed by atoms with Crippen LogP contribution in [0.15, 0.2) is 36.7 Å². The Bertz CT molecular complexity index is 826. The Hall–Kier alpha value is -2.89. The summed E-state index contributed by atoms with van der Waals surface area (Å²) in [6.07, 6.45) is 3.34. The van der Waals surface area contributed by atoms with Gasteiger partial charge in [0.05, 0.1) is 17.4 Å². The third-order valence-electron chi connectivity index (χ3n) is 4.84. The molecular weight excluding hydrogens is 328 g/mol. The smallest absolute Gasteiger partial charge is 0.257 e. The van der Waals surface area contributed by atoms with Gasteiger partial charge in [-0.3, -0.25) is 14.6 Å². The van der Waals surface area contributed by atoms with E-state index in [1.54, 1.807) is 19.3 Å². The molecule has 0 atom stereocenters. The zero-order chi connectivity index (χ0) is 18.7. The first kappa shape index (κ1) is 17.9. The van der Waals surface area contributed by atoms with Crippen molar-refractivity contribution in [1.29, 1.82) is 0 Å². The maximum absolute atomic E-state index is 12.6. The van der Waals surface area contributed by atoms with Gasteiger partial charge in [0.25, 0.3) is 5.91 Å². The lowest BCUT2D eigenvalue weighted by Gasteiger charge is -2.35. The topological polar surface area (TPSA) is 65.5 Å². The Labute approximate surface area is 153 Å². The molecule has 0 bridgehead atoms. The van der Waals surface area contributed by atoms with Crippen LogP contribution in [0, 0.1) is 13.8 Å². The van der Waals surface area contributed by atoms with Crippen molar-refractivity contribution in [3.05, 3.63) is 53.3 Å². The highest BCUT2D eigenvalue weighted by molar-refractivity contribution is 6.04. The fourth-order valence-corrected chi connectivity index (χ4v) is 3.03. The zero-order valence-corrected chi connectivity index (χ0v) is 15.5. The molecule has 0 aliphatic carbocycles. The fourth-order valence-electron chi connectivity index (χ4n) is 3.03. The summed E-state index contributed by atoms with van der Waals surface area (Å²) < 4.78 is 0. The van der Waals surface area contributed by atoms with E-state index >= 15 is 0 Å². The molecule has 1 aromatic heterocycles. The minimum atomic E-state index is -0.176. The third-order valence-corrected chi connectivity index (χ3v) is 4.84. The molecule has 0 radical (unpaired) electrons. The lowest BCUT2D eigenvalue weighted by Crippen LogP contribution is -2.48. The number of nitrogens with one attached hydrogen (secondary N) is 1. The molecule has 1 saturated heterocycles. The van der Waals surface area contributed by atoms with Crippen LogP contribution in [-0.4, -0.2) is 47.9 Å². The van der Waals surface area contributed by atoms with Gasteiger partial charge in [0.15, 0.2) is 0 Å². The SMILES string of the molecule is CC(=O)N1CCN(c2cncc(C(=O)Nc3ccc(C)c(C)c3)c2)CC1. The van der Waals surface area contributed by atoms with Gasteiger partial charge in [0.1, 0.15) is 0 Å². The van der Waals surface area contributed by atoms with Gasteiger partial charge in [-0.25, -0.2) is 0 Å². The summed E-state index contributed by atoms with van der Waals surface area (Å²) in [6.45, 7) is 8.51. The van der Waals surface area contributed by atoms with Gasteiger partial charge in [-0.05, 0) is 43.2 Å². The van der Waals surface area contributed by atoms with Crippen LogP contribution in [0.25, 0.3) is 0 Å². The van der Waals surface area contributed by atoms with E-state index in [0.29, 0.717) is 18.7 Å². The average Bonchev–Trinajstić information content (AvgIpc) is 2.65. The lowest BCUT2D eigenvalue weighted by atomic mass is 10.1. The van der Waals surface area contributed by atoms with Gasteiger partial charge < -0.3 is 15.1 Å². The Kier molecular flexibility index (Phi) is 5.21. The number of carbonyl (C=O) groups excluding carboxylic acids is 2.